The van der Waals surface area contributed by atoms with Gasteiger partial charge in [-0.2, -0.15) is 0 Å². The fraction of sp³-hybridized carbons (Fsp3) is 0.571. The Bertz CT molecular complexity index is 121. The molecule has 0 fully saturated rings. The third-order valence-electron chi connectivity index (χ3n) is 0.822. The Kier molecular flexibility index (Phi) is 3.40. The molecule has 0 radical (unpaired) electrons. The van der Waals surface area contributed by atoms with Gasteiger partial charge < -0.3 is 0 Å². The normalized spacial score (nSPS) is 11.0. The van der Waals surface area contributed by atoms with Crippen LogP contribution in [0.25, 0.3) is 0 Å². The lowest BCUT2D eigenvalue weighted by Gasteiger charge is -2.12. The first kappa shape index (κ1) is 9.14. The van der Waals surface area contributed by atoms with Crippen LogP contribution in [0.3, 0.4) is 0 Å². The predicted molar refractivity (Wildman–Crippen MR) is 47.9 cm³/mol. The van der Waals surface area contributed by atoms with Crippen molar-refractivity contribution in [2.24, 2.45) is 0 Å². The average molecular weight is 238 g/mol. The number of ketones is 1. The molecule has 0 rings (SSSR count). The first-order valence-electron chi connectivity index (χ1n) is 2.80. The fourth-order valence-electron chi connectivity index (χ4n) is 0.486. The highest BCUT2D eigenvalue weighted by Gasteiger charge is 2.14. The van der Waals surface area contributed by atoms with Crippen molar-refractivity contribution < 1.29 is 4.79 Å². The second-order valence-electron chi connectivity index (χ2n) is 2.57. The van der Waals surface area contributed by atoms with Gasteiger partial charge in [0.1, 0.15) is 0 Å². The van der Waals surface area contributed by atoms with Gasteiger partial charge >= 0.3 is 0 Å². The molecular formula is C7H11IO. The smallest absolute Gasteiger partial charge is 0.156 e. The Morgan fingerprint density at radius 3 is 2.33 bits per heavy atom. The molecule has 0 unspecified atom stereocenters. The predicted octanol–water partition coefficient (Wildman–Crippen LogP) is 2.35. The molecule has 0 aromatic rings. The molecular weight excluding hydrogens is 227 g/mol. The lowest BCUT2D eigenvalue weighted by Crippen LogP contribution is -2.13. The molecule has 0 heterocycles. The molecule has 0 atom stereocenters. The van der Waals surface area contributed by atoms with Crippen molar-refractivity contribution in [1.29, 1.82) is 0 Å². The first-order valence-corrected chi connectivity index (χ1v) is 3.88. The SMILES string of the molecule is C=CC(=O)CC(C)(C)I. The van der Waals surface area contributed by atoms with E-state index >= 15 is 0 Å². The van der Waals surface area contributed by atoms with Gasteiger partial charge in [0.05, 0.1) is 0 Å². The molecule has 0 aromatic carbocycles. The summed E-state index contributed by atoms with van der Waals surface area (Å²) >= 11 is 2.25. The highest BCUT2D eigenvalue weighted by molar-refractivity contribution is 14.1. The van der Waals surface area contributed by atoms with Gasteiger partial charge in [0.2, 0.25) is 0 Å². The van der Waals surface area contributed by atoms with Crippen molar-refractivity contribution >= 4 is 28.4 Å². The highest BCUT2D eigenvalue weighted by Crippen LogP contribution is 2.21. The van der Waals surface area contributed by atoms with E-state index in [0.29, 0.717) is 6.42 Å². The number of hydrogen-bond donors (Lipinski definition) is 0. The first-order chi connectivity index (χ1) is 3.95. The summed E-state index contributed by atoms with van der Waals surface area (Å²) in [6, 6.07) is 0. The van der Waals surface area contributed by atoms with Crippen LogP contribution < -0.4 is 0 Å². The van der Waals surface area contributed by atoms with Crippen molar-refractivity contribution in [3.8, 4) is 0 Å². The van der Waals surface area contributed by atoms with Gasteiger partial charge in [0, 0.05) is 9.84 Å². The van der Waals surface area contributed by atoms with Crippen molar-refractivity contribution in [2.75, 3.05) is 0 Å². The summed E-state index contributed by atoms with van der Waals surface area (Å²) in [6.07, 6.45) is 1.96. The maximum absolute atomic E-state index is 10.7. The Morgan fingerprint density at radius 1 is 1.78 bits per heavy atom. The quantitative estimate of drug-likeness (QED) is 0.419. The zero-order valence-electron chi connectivity index (χ0n) is 5.78. The van der Waals surface area contributed by atoms with E-state index in [1.54, 1.807) is 0 Å². The fourth-order valence-corrected chi connectivity index (χ4v) is 0.862. The summed E-state index contributed by atoms with van der Waals surface area (Å²) in [4.78, 5) is 10.7. The molecule has 9 heavy (non-hydrogen) atoms. The van der Waals surface area contributed by atoms with E-state index < -0.39 is 0 Å². The molecule has 0 aliphatic heterocycles. The van der Waals surface area contributed by atoms with Crippen LogP contribution in [-0.4, -0.2) is 9.20 Å². The summed E-state index contributed by atoms with van der Waals surface area (Å²) in [5, 5.41) is 0. The van der Waals surface area contributed by atoms with E-state index in [-0.39, 0.29) is 9.20 Å². The van der Waals surface area contributed by atoms with Crippen LogP contribution in [0.1, 0.15) is 20.3 Å². The molecule has 0 aromatic heterocycles. The van der Waals surface area contributed by atoms with Crippen molar-refractivity contribution in [3.63, 3.8) is 0 Å². The van der Waals surface area contributed by atoms with Crippen LogP contribution in [0, 0.1) is 0 Å². The molecule has 0 bridgehead atoms. The van der Waals surface area contributed by atoms with E-state index in [0.717, 1.165) is 0 Å². The minimum absolute atomic E-state index is 0.0725. The van der Waals surface area contributed by atoms with E-state index in [1.807, 2.05) is 13.8 Å². The van der Waals surface area contributed by atoms with Gasteiger partial charge in [-0.15, -0.1) is 0 Å². The van der Waals surface area contributed by atoms with Crippen LogP contribution in [0.15, 0.2) is 12.7 Å². The molecule has 0 amide bonds. The molecule has 1 nitrogen and oxygen atoms in total. The minimum Gasteiger partial charge on any atom is -0.295 e. The van der Waals surface area contributed by atoms with E-state index in [1.165, 1.54) is 6.08 Å². The second kappa shape index (κ2) is 3.34. The Balaban J connectivity index is 3.74. The molecule has 2 heteroatoms. The maximum Gasteiger partial charge on any atom is 0.156 e. The molecule has 0 saturated carbocycles. The van der Waals surface area contributed by atoms with Crippen LogP contribution in [0.2, 0.25) is 0 Å². The second-order valence-corrected chi connectivity index (χ2v) is 5.49. The number of halogens is 1. The Morgan fingerprint density at radius 2 is 2.22 bits per heavy atom. The number of carbonyl (C=O) groups excluding carboxylic acids is 1. The minimum atomic E-state index is 0.0725. The van der Waals surface area contributed by atoms with E-state index in [4.69, 9.17) is 0 Å². The zero-order valence-corrected chi connectivity index (χ0v) is 7.94. The van der Waals surface area contributed by atoms with Gasteiger partial charge in [-0.1, -0.05) is 43.0 Å². The van der Waals surface area contributed by atoms with Crippen molar-refractivity contribution in [2.45, 2.75) is 23.7 Å². The third-order valence-corrected chi connectivity index (χ3v) is 1.20. The summed E-state index contributed by atoms with van der Waals surface area (Å²) in [5.41, 5.74) is 0. The number of rotatable bonds is 3. The molecule has 0 N–H and O–H groups in total. The van der Waals surface area contributed by atoms with Crippen LogP contribution >= 0.6 is 22.6 Å². The van der Waals surface area contributed by atoms with Crippen molar-refractivity contribution in [3.05, 3.63) is 12.7 Å². The van der Waals surface area contributed by atoms with Crippen LogP contribution in [0.5, 0.6) is 0 Å². The van der Waals surface area contributed by atoms with Gasteiger partial charge in [-0.25, -0.2) is 0 Å². The Hall–Kier alpha value is 0.140. The van der Waals surface area contributed by atoms with E-state index in [9.17, 15) is 4.79 Å². The van der Waals surface area contributed by atoms with Crippen molar-refractivity contribution in [1.82, 2.24) is 0 Å². The van der Waals surface area contributed by atoms with Gasteiger partial charge in [0.15, 0.2) is 5.78 Å². The standard InChI is InChI=1S/C7H11IO/c1-4-6(9)5-7(2,3)8/h4H,1,5H2,2-3H3. The average Bonchev–Trinajstić information content (AvgIpc) is 1.62. The summed E-state index contributed by atoms with van der Waals surface area (Å²) in [5.74, 6) is 0.120. The number of allylic oxidation sites excluding steroid dienone is 1. The highest BCUT2D eigenvalue weighted by atomic mass is 127. The largest absolute Gasteiger partial charge is 0.295 e. The van der Waals surface area contributed by atoms with Gasteiger partial charge in [0.25, 0.3) is 0 Å². The maximum atomic E-state index is 10.7. The van der Waals surface area contributed by atoms with Crippen LogP contribution in [0.4, 0.5) is 0 Å². The number of alkyl halides is 1. The molecule has 0 saturated heterocycles. The summed E-state index contributed by atoms with van der Waals surface area (Å²) in [6.45, 7) is 7.44. The van der Waals surface area contributed by atoms with Crippen LogP contribution in [-0.2, 0) is 4.79 Å². The topological polar surface area (TPSA) is 17.1 Å². The summed E-state index contributed by atoms with van der Waals surface area (Å²) < 4.78 is 0.0725. The number of hydrogen-bond acceptors (Lipinski definition) is 1. The Labute approximate surface area is 69.7 Å². The lowest BCUT2D eigenvalue weighted by atomic mass is 10.1. The molecule has 0 aliphatic rings. The third kappa shape index (κ3) is 6.02. The molecule has 0 aliphatic carbocycles. The number of carbonyl (C=O) groups is 1. The van der Waals surface area contributed by atoms with Gasteiger partial charge in [-0.05, 0) is 6.08 Å². The van der Waals surface area contributed by atoms with Gasteiger partial charge in [-0.3, -0.25) is 4.79 Å². The molecule has 52 valence electrons. The lowest BCUT2D eigenvalue weighted by molar-refractivity contribution is -0.114. The van der Waals surface area contributed by atoms with E-state index in [2.05, 4.69) is 29.2 Å². The zero-order chi connectivity index (χ0) is 7.49. The summed E-state index contributed by atoms with van der Waals surface area (Å²) in [7, 11) is 0. The molecule has 0 spiro atoms. The monoisotopic (exact) mass is 238 g/mol.